The number of thiazole rings is 1. The van der Waals surface area contributed by atoms with Crippen molar-refractivity contribution in [1.82, 2.24) is 9.99 Å². The molecule has 1 saturated heterocycles. The topological polar surface area (TPSA) is 28.2 Å². The smallest absolute Gasteiger partial charge is 0.169 e. The number of hydrogen-bond donors (Lipinski definition) is 1. The Morgan fingerprint density at radius 3 is 2.74 bits per heavy atom. The van der Waals surface area contributed by atoms with E-state index in [1.165, 1.54) is 30.2 Å². The molecule has 3 aromatic rings. The number of aromatic nitrogens is 1. The molecule has 23 heavy (non-hydrogen) atoms. The molecule has 2 heterocycles. The molecule has 1 N–H and O–H groups in total. The number of benzene rings is 2. The molecule has 0 unspecified atom stereocenters. The Balaban J connectivity index is 1.68. The van der Waals surface area contributed by atoms with Crippen molar-refractivity contribution in [1.29, 1.82) is 0 Å². The standard InChI is InChI=1S/C17H15F2N3S/c18-13-5-3-4-12(16(13)19)17-20-14-10-11(6-7-15(14)23-17)21-22-8-1-2-9-22/h3-7,10,21H,1-2,8-9H2. The van der Waals surface area contributed by atoms with Crippen LogP contribution < -0.4 is 5.43 Å². The summed E-state index contributed by atoms with van der Waals surface area (Å²) in [5.74, 6) is -1.69. The third kappa shape index (κ3) is 2.80. The van der Waals surface area contributed by atoms with Crippen LogP contribution >= 0.6 is 11.3 Å². The second kappa shape index (κ2) is 5.86. The number of hydrazine groups is 1. The van der Waals surface area contributed by atoms with Crippen LogP contribution in [0, 0.1) is 11.6 Å². The van der Waals surface area contributed by atoms with E-state index >= 15 is 0 Å². The van der Waals surface area contributed by atoms with E-state index in [-0.39, 0.29) is 5.56 Å². The van der Waals surface area contributed by atoms with Crippen molar-refractivity contribution in [3.05, 3.63) is 48.0 Å². The first kappa shape index (κ1) is 14.5. The van der Waals surface area contributed by atoms with Crippen LogP contribution in [0.15, 0.2) is 36.4 Å². The van der Waals surface area contributed by atoms with E-state index in [0.29, 0.717) is 5.01 Å². The van der Waals surface area contributed by atoms with Gasteiger partial charge in [-0.2, -0.15) is 0 Å². The molecule has 1 aliphatic rings. The highest BCUT2D eigenvalue weighted by atomic mass is 32.1. The highest BCUT2D eigenvalue weighted by Crippen LogP contribution is 2.33. The lowest BCUT2D eigenvalue weighted by Gasteiger charge is -2.17. The summed E-state index contributed by atoms with van der Waals surface area (Å²) in [4.78, 5) is 4.47. The van der Waals surface area contributed by atoms with Gasteiger partial charge in [0, 0.05) is 18.7 Å². The second-order valence-corrected chi connectivity index (χ2v) is 6.64. The largest absolute Gasteiger partial charge is 0.319 e. The fourth-order valence-corrected chi connectivity index (χ4v) is 3.76. The van der Waals surface area contributed by atoms with Gasteiger partial charge in [0.25, 0.3) is 0 Å². The number of nitrogens with zero attached hydrogens (tertiary/aromatic N) is 2. The van der Waals surface area contributed by atoms with Gasteiger partial charge >= 0.3 is 0 Å². The molecule has 0 radical (unpaired) electrons. The van der Waals surface area contributed by atoms with Gasteiger partial charge in [-0.15, -0.1) is 11.3 Å². The van der Waals surface area contributed by atoms with Crippen LogP contribution in [0.2, 0.25) is 0 Å². The maximum atomic E-state index is 13.9. The van der Waals surface area contributed by atoms with Crippen LogP contribution in [0.3, 0.4) is 0 Å². The third-order valence-corrected chi connectivity index (χ3v) is 5.03. The molecule has 0 bridgehead atoms. The number of anilines is 1. The van der Waals surface area contributed by atoms with E-state index < -0.39 is 11.6 Å². The summed E-state index contributed by atoms with van der Waals surface area (Å²) < 4.78 is 28.3. The average Bonchev–Trinajstić information content (AvgIpc) is 3.19. The molecule has 0 saturated carbocycles. The number of nitrogens with one attached hydrogen (secondary N) is 1. The third-order valence-electron chi connectivity index (χ3n) is 3.96. The summed E-state index contributed by atoms with van der Waals surface area (Å²) in [7, 11) is 0. The number of halogens is 2. The van der Waals surface area contributed by atoms with Crippen molar-refractivity contribution in [2.24, 2.45) is 0 Å². The molecule has 6 heteroatoms. The lowest BCUT2D eigenvalue weighted by molar-refractivity contribution is 0.410. The minimum absolute atomic E-state index is 0.209. The first-order valence-corrected chi connectivity index (χ1v) is 8.39. The first-order chi connectivity index (χ1) is 11.2. The monoisotopic (exact) mass is 331 g/mol. The molecule has 0 atom stereocenters. The quantitative estimate of drug-likeness (QED) is 0.756. The number of fused-ring (bicyclic) bond motifs is 1. The van der Waals surface area contributed by atoms with Crippen LogP contribution in [0.5, 0.6) is 0 Å². The van der Waals surface area contributed by atoms with E-state index in [1.54, 1.807) is 6.07 Å². The van der Waals surface area contributed by atoms with Gasteiger partial charge in [0.15, 0.2) is 11.6 Å². The predicted octanol–water partition coefficient (Wildman–Crippen LogP) is 4.66. The van der Waals surface area contributed by atoms with Gasteiger partial charge in [0.1, 0.15) is 5.01 Å². The van der Waals surface area contributed by atoms with Gasteiger partial charge < -0.3 is 5.43 Å². The molecule has 118 valence electrons. The summed E-state index contributed by atoms with van der Waals surface area (Å²) in [5.41, 5.74) is 5.33. The lowest BCUT2D eigenvalue weighted by Crippen LogP contribution is -2.25. The van der Waals surface area contributed by atoms with Gasteiger partial charge in [-0.3, -0.25) is 0 Å². The van der Waals surface area contributed by atoms with Crippen LogP contribution in [-0.2, 0) is 0 Å². The fourth-order valence-electron chi connectivity index (χ4n) is 2.79. The van der Waals surface area contributed by atoms with E-state index in [1.807, 2.05) is 18.2 Å². The minimum Gasteiger partial charge on any atom is -0.319 e. The average molecular weight is 331 g/mol. The van der Waals surface area contributed by atoms with Crippen molar-refractivity contribution < 1.29 is 8.78 Å². The zero-order valence-corrected chi connectivity index (χ0v) is 13.2. The van der Waals surface area contributed by atoms with Crippen LogP contribution in [0.4, 0.5) is 14.5 Å². The molecule has 4 rings (SSSR count). The molecule has 0 amide bonds. The van der Waals surface area contributed by atoms with Crippen LogP contribution in [0.25, 0.3) is 20.8 Å². The summed E-state index contributed by atoms with van der Waals surface area (Å²) in [6, 6.07) is 10.1. The molecule has 1 fully saturated rings. The van der Waals surface area contributed by atoms with E-state index in [9.17, 15) is 8.78 Å². The van der Waals surface area contributed by atoms with Gasteiger partial charge in [-0.1, -0.05) is 6.07 Å². The highest BCUT2D eigenvalue weighted by Gasteiger charge is 2.15. The van der Waals surface area contributed by atoms with Gasteiger partial charge in [0.05, 0.1) is 15.9 Å². The second-order valence-electron chi connectivity index (χ2n) is 5.61. The van der Waals surface area contributed by atoms with Gasteiger partial charge in [-0.05, 0) is 43.2 Å². The van der Waals surface area contributed by atoms with Gasteiger partial charge in [0.2, 0.25) is 0 Å². The molecule has 1 aromatic heterocycles. The SMILES string of the molecule is Fc1cccc(-c2nc3cc(NN4CCCC4)ccc3s2)c1F. The summed E-state index contributed by atoms with van der Waals surface area (Å²) in [5, 5.41) is 2.68. The zero-order valence-electron chi connectivity index (χ0n) is 12.4. The van der Waals surface area contributed by atoms with E-state index in [0.717, 1.165) is 35.1 Å². The summed E-state index contributed by atoms with van der Waals surface area (Å²) >= 11 is 1.37. The van der Waals surface area contributed by atoms with Crippen molar-refractivity contribution in [3.63, 3.8) is 0 Å². The molecule has 2 aromatic carbocycles. The number of rotatable bonds is 3. The van der Waals surface area contributed by atoms with Crippen molar-refractivity contribution in [2.45, 2.75) is 12.8 Å². The lowest BCUT2D eigenvalue weighted by atomic mass is 10.2. The molecule has 3 nitrogen and oxygen atoms in total. The first-order valence-electron chi connectivity index (χ1n) is 7.57. The Hall–Kier alpha value is -2.05. The van der Waals surface area contributed by atoms with Crippen molar-refractivity contribution >= 4 is 27.2 Å². The van der Waals surface area contributed by atoms with Gasteiger partial charge in [-0.25, -0.2) is 18.8 Å². The van der Waals surface area contributed by atoms with E-state index in [4.69, 9.17) is 0 Å². The van der Waals surface area contributed by atoms with Crippen LogP contribution in [-0.4, -0.2) is 23.1 Å². The van der Waals surface area contributed by atoms with Crippen LogP contribution in [0.1, 0.15) is 12.8 Å². The fraction of sp³-hybridized carbons (Fsp3) is 0.235. The Bertz CT molecular complexity index is 856. The maximum Gasteiger partial charge on any atom is 0.169 e. The Kier molecular flexibility index (Phi) is 3.71. The Labute approximate surface area is 136 Å². The van der Waals surface area contributed by atoms with Crippen molar-refractivity contribution in [3.8, 4) is 10.6 Å². The Morgan fingerprint density at radius 1 is 1.09 bits per heavy atom. The summed E-state index contributed by atoms with van der Waals surface area (Å²) in [6.45, 7) is 2.07. The van der Waals surface area contributed by atoms with E-state index in [2.05, 4.69) is 15.4 Å². The predicted molar refractivity (Wildman–Crippen MR) is 89.4 cm³/mol. The maximum absolute atomic E-state index is 13.9. The zero-order chi connectivity index (χ0) is 15.8. The van der Waals surface area contributed by atoms with Crippen molar-refractivity contribution in [2.75, 3.05) is 18.5 Å². The molecule has 1 aliphatic heterocycles. The summed E-state index contributed by atoms with van der Waals surface area (Å²) in [6.07, 6.45) is 2.41. The normalized spacial score (nSPS) is 15.4. The molecule has 0 spiro atoms. The molecular weight excluding hydrogens is 316 g/mol. The minimum atomic E-state index is -0.849. The molecule has 0 aliphatic carbocycles. The number of hydrogen-bond acceptors (Lipinski definition) is 4. The molecular formula is C17H15F2N3S. The highest BCUT2D eigenvalue weighted by molar-refractivity contribution is 7.21. The Morgan fingerprint density at radius 2 is 1.91 bits per heavy atom.